The van der Waals surface area contributed by atoms with E-state index in [-0.39, 0.29) is 18.7 Å². The van der Waals surface area contributed by atoms with Crippen molar-refractivity contribution in [2.45, 2.75) is 38.3 Å². The van der Waals surface area contributed by atoms with Gasteiger partial charge in [-0.15, -0.1) is 0 Å². The standard InChI is InChI=1S/C27H25Cl2NO5/c1-17(30-25(31)8-4-5-9-26(32)33)24(15-18-10-13-22(28)23(29)14-18)35-27(34)21-12-11-19-6-2-3-7-20(19)16-21/h2-3,5-7,9-14,16-17,24H,4,8,15H2,1H3,(H,30,31)(H,32,33)/t17-,24+/m0/s1. The lowest BCUT2D eigenvalue weighted by Gasteiger charge is -2.25. The fraction of sp³-hybridized carbons (Fsp3) is 0.222. The number of carboxylic acid groups (broad SMARTS) is 1. The summed E-state index contributed by atoms with van der Waals surface area (Å²) in [6, 6.07) is 17.7. The molecule has 0 aliphatic heterocycles. The summed E-state index contributed by atoms with van der Waals surface area (Å²) >= 11 is 12.2. The topological polar surface area (TPSA) is 92.7 Å². The van der Waals surface area contributed by atoms with Crippen LogP contribution in [0.2, 0.25) is 10.0 Å². The van der Waals surface area contributed by atoms with Crippen LogP contribution in [0.4, 0.5) is 0 Å². The summed E-state index contributed by atoms with van der Waals surface area (Å²) in [5.41, 5.74) is 1.20. The van der Waals surface area contributed by atoms with Crippen molar-refractivity contribution in [3.05, 3.63) is 94.0 Å². The van der Waals surface area contributed by atoms with Crippen molar-refractivity contribution in [2.75, 3.05) is 0 Å². The number of nitrogens with one attached hydrogen (secondary N) is 1. The SMILES string of the molecule is C[C@H](NC(=O)CCC=CC(=O)O)[C@@H](Cc1ccc(Cl)c(Cl)c1)OC(=O)c1ccc2ccccc2c1. The van der Waals surface area contributed by atoms with E-state index in [1.54, 1.807) is 37.3 Å². The number of fused-ring (bicyclic) bond motifs is 1. The largest absolute Gasteiger partial charge is 0.478 e. The lowest BCUT2D eigenvalue weighted by Crippen LogP contribution is -2.44. The van der Waals surface area contributed by atoms with Crippen molar-refractivity contribution in [1.82, 2.24) is 5.32 Å². The van der Waals surface area contributed by atoms with Crippen molar-refractivity contribution >= 4 is 51.8 Å². The van der Waals surface area contributed by atoms with Gasteiger partial charge in [0.15, 0.2) is 0 Å². The number of rotatable bonds is 10. The van der Waals surface area contributed by atoms with E-state index >= 15 is 0 Å². The monoisotopic (exact) mass is 513 g/mol. The van der Waals surface area contributed by atoms with E-state index in [2.05, 4.69) is 5.32 Å². The summed E-state index contributed by atoms with van der Waals surface area (Å²) < 4.78 is 5.86. The van der Waals surface area contributed by atoms with E-state index in [1.165, 1.54) is 6.08 Å². The molecule has 8 heteroatoms. The number of hydrogen-bond donors (Lipinski definition) is 2. The Bertz CT molecular complexity index is 1260. The van der Waals surface area contributed by atoms with Crippen LogP contribution in [-0.2, 0) is 20.7 Å². The molecule has 6 nitrogen and oxygen atoms in total. The Balaban J connectivity index is 1.75. The van der Waals surface area contributed by atoms with Crippen LogP contribution in [0.25, 0.3) is 10.8 Å². The van der Waals surface area contributed by atoms with Crippen LogP contribution in [0.1, 0.15) is 35.7 Å². The minimum atomic E-state index is -1.07. The molecule has 0 unspecified atom stereocenters. The number of amides is 1. The Hall–Kier alpha value is -3.35. The lowest BCUT2D eigenvalue weighted by atomic mass is 10.0. The van der Waals surface area contributed by atoms with Gasteiger partial charge in [-0.3, -0.25) is 4.79 Å². The summed E-state index contributed by atoms with van der Waals surface area (Å²) in [6.07, 6.45) is 2.40. The van der Waals surface area contributed by atoms with Crippen molar-refractivity contribution < 1.29 is 24.2 Å². The summed E-state index contributed by atoms with van der Waals surface area (Å²) in [7, 11) is 0. The predicted octanol–water partition coefficient (Wildman–Crippen LogP) is 5.84. The molecule has 0 saturated heterocycles. The second kappa shape index (κ2) is 12.4. The molecule has 35 heavy (non-hydrogen) atoms. The van der Waals surface area contributed by atoms with Gasteiger partial charge in [0.25, 0.3) is 0 Å². The number of benzene rings is 3. The van der Waals surface area contributed by atoms with Gasteiger partial charge >= 0.3 is 11.9 Å². The van der Waals surface area contributed by atoms with Gasteiger partial charge in [0.1, 0.15) is 6.10 Å². The third-order valence-corrected chi connectivity index (χ3v) is 6.15. The van der Waals surface area contributed by atoms with Crippen molar-refractivity contribution in [3.8, 4) is 0 Å². The molecule has 0 radical (unpaired) electrons. The number of hydrogen-bond acceptors (Lipinski definition) is 4. The van der Waals surface area contributed by atoms with Crippen LogP contribution in [0, 0.1) is 0 Å². The van der Waals surface area contributed by atoms with Gasteiger partial charge in [-0.05, 0) is 53.9 Å². The highest BCUT2D eigenvalue weighted by Gasteiger charge is 2.25. The molecule has 3 aromatic rings. The summed E-state index contributed by atoms with van der Waals surface area (Å²) in [6.45, 7) is 1.75. The summed E-state index contributed by atoms with van der Waals surface area (Å²) in [5.74, 6) is -1.86. The maximum atomic E-state index is 13.0. The molecule has 2 atom stereocenters. The van der Waals surface area contributed by atoms with Crippen LogP contribution in [0.3, 0.4) is 0 Å². The first-order chi connectivity index (χ1) is 16.7. The van der Waals surface area contributed by atoms with Crippen LogP contribution in [0.5, 0.6) is 0 Å². The second-order valence-corrected chi connectivity index (χ2v) is 8.91. The molecule has 0 aliphatic rings. The Labute approximate surface area is 213 Å². The van der Waals surface area contributed by atoms with Gasteiger partial charge in [-0.2, -0.15) is 0 Å². The molecule has 0 fully saturated rings. The fourth-order valence-electron chi connectivity index (χ4n) is 3.56. The fourth-order valence-corrected chi connectivity index (χ4v) is 3.88. The first kappa shape index (κ1) is 26.3. The molecule has 182 valence electrons. The Morgan fingerprint density at radius 3 is 2.46 bits per heavy atom. The van der Waals surface area contributed by atoms with Gasteiger partial charge in [-0.1, -0.05) is 65.7 Å². The molecule has 0 aromatic heterocycles. The van der Waals surface area contributed by atoms with E-state index in [1.807, 2.05) is 30.3 Å². The van der Waals surface area contributed by atoms with E-state index in [9.17, 15) is 14.4 Å². The molecular formula is C27H25Cl2NO5. The molecule has 2 N–H and O–H groups in total. The van der Waals surface area contributed by atoms with E-state index in [4.69, 9.17) is 33.0 Å². The molecule has 0 bridgehead atoms. The van der Waals surface area contributed by atoms with Crippen LogP contribution in [0.15, 0.2) is 72.8 Å². The molecule has 3 rings (SSSR count). The van der Waals surface area contributed by atoms with E-state index in [0.29, 0.717) is 22.0 Å². The number of carbonyl (C=O) groups is 3. The number of carbonyl (C=O) groups excluding carboxylic acids is 2. The lowest BCUT2D eigenvalue weighted by molar-refractivity contribution is -0.131. The molecule has 0 heterocycles. The third-order valence-electron chi connectivity index (χ3n) is 5.41. The summed E-state index contributed by atoms with van der Waals surface area (Å²) in [4.78, 5) is 36.0. The normalized spacial score (nSPS) is 12.9. The van der Waals surface area contributed by atoms with Crippen LogP contribution < -0.4 is 5.32 Å². The average molecular weight is 514 g/mol. The third kappa shape index (κ3) is 7.84. The quantitative estimate of drug-likeness (QED) is 0.262. The van der Waals surface area contributed by atoms with Gasteiger partial charge in [-0.25, -0.2) is 9.59 Å². The smallest absolute Gasteiger partial charge is 0.338 e. The number of allylic oxidation sites excluding steroid dienone is 1. The minimum absolute atomic E-state index is 0.103. The maximum absolute atomic E-state index is 13.0. The Kier molecular flexibility index (Phi) is 9.29. The molecule has 3 aromatic carbocycles. The number of halogens is 2. The zero-order valence-electron chi connectivity index (χ0n) is 19.0. The Morgan fingerprint density at radius 1 is 1.00 bits per heavy atom. The van der Waals surface area contributed by atoms with Crippen LogP contribution in [-0.4, -0.2) is 35.1 Å². The predicted molar refractivity (Wildman–Crippen MR) is 137 cm³/mol. The first-order valence-electron chi connectivity index (χ1n) is 11.1. The molecular weight excluding hydrogens is 489 g/mol. The highest BCUT2D eigenvalue weighted by Crippen LogP contribution is 2.24. The van der Waals surface area contributed by atoms with Gasteiger partial charge in [0.2, 0.25) is 5.91 Å². The molecule has 0 aliphatic carbocycles. The number of esters is 1. The van der Waals surface area contributed by atoms with Gasteiger partial charge in [0.05, 0.1) is 21.7 Å². The molecule has 0 saturated carbocycles. The minimum Gasteiger partial charge on any atom is -0.478 e. The maximum Gasteiger partial charge on any atom is 0.338 e. The second-order valence-electron chi connectivity index (χ2n) is 8.09. The first-order valence-corrected chi connectivity index (χ1v) is 11.8. The highest BCUT2D eigenvalue weighted by atomic mass is 35.5. The molecule has 0 spiro atoms. The van der Waals surface area contributed by atoms with Gasteiger partial charge < -0.3 is 15.2 Å². The Morgan fingerprint density at radius 2 is 1.74 bits per heavy atom. The summed E-state index contributed by atoms with van der Waals surface area (Å²) in [5, 5.41) is 14.2. The zero-order chi connectivity index (χ0) is 25.4. The highest BCUT2D eigenvalue weighted by molar-refractivity contribution is 6.42. The molecule has 1 amide bonds. The van der Waals surface area contributed by atoms with Gasteiger partial charge in [0, 0.05) is 18.9 Å². The average Bonchev–Trinajstić information content (AvgIpc) is 2.83. The van der Waals surface area contributed by atoms with Crippen molar-refractivity contribution in [3.63, 3.8) is 0 Å². The van der Waals surface area contributed by atoms with Crippen molar-refractivity contribution in [1.29, 1.82) is 0 Å². The number of ether oxygens (including phenoxy) is 1. The number of carboxylic acids is 1. The number of aliphatic carboxylic acids is 1. The van der Waals surface area contributed by atoms with Crippen LogP contribution >= 0.6 is 23.2 Å². The van der Waals surface area contributed by atoms with E-state index in [0.717, 1.165) is 22.4 Å². The van der Waals surface area contributed by atoms with E-state index < -0.39 is 24.1 Å². The zero-order valence-corrected chi connectivity index (χ0v) is 20.6. The van der Waals surface area contributed by atoms with Crippen molar-refractivity contribution in [2.24, 2.45) is 0 Å².